The van der Waals surface area contributed by atoms with Gasteiger partial charge in [-0.25, -0.2) is 13.1 Å². The Morgan fingerprint density at radius 2 is 1.96 bits per heavy atom. The fourth-order valence-corrected chi connectivity index (χ4v) is 4.27. The van der Waals surface area contributed by atoms with E-state index in [1.807, 2.05) is 36.5 Å². The number of hydrogen-bond acceptors (Lipinski definition) is 5. The first-order valence-electron chi connectivity index (χ1n) is 8.04. The minimum atomic E-state index is -3.59. The lowest BCUT2D eigenvalue weighted by atomic mass is 10.2. The Bertz CT molecular complexity index is 829. The van der Waals surface area contributed by atoms with Crippen LogP contribution in [0.25, 0.3) is 0 Å². The summed E-state index contributed by atoms with van der Waals surface area (Å²) in [7, 11) is 0.340. The minimum absolute atomic E-state index is 0.0849. The number of hydrogen-bond donors (Lipinski definition) is 2. The highest BCUT2D eigenvalue weighted by atomic mass is 32.2. The van der Waals surface area contributed by atoms with Crippen molar-refractivity contribution in [2.24, 2.45) is 0 Å². The number of sulfonamides is 1. The normalized spacial score (nSPS) is 12.7. The Balaban J connectivity index is 2.02. The van der Waals surface area contributed by atoms with Crippen LogP contribution in [0.3, 0.4) is 0 Å². The van der Waals surface area contributed by atoms with Crippen molar-refractivity contribution in [3.05, 3.63) is 64.9 Å². The highest BCUT2D eigenvalue weighted by Crippen LogP contribution is 2.22. The second-order valence-corrected chi connectivity index (χ2v) is 8.62. The van der Waals surface area contributed by atoms with Gasteiger partial charge in [-0.3, -0.25) is 4.79 Å². The van der Waals surface area contributed by atoms with Crippen LogP contribution in [-0.2, 0) is 10.0 Å². The molecule has 26 heavy (non-hydrogen) atoms. The number of amides is 1. The van der Waals surface area contributed by atoms with Gasteiger partial charge in [-0.05, 0) is 49.8 Å². The predicted octanol–water partition coefficient (Wildman–Crippen LogP) is 2.25. The number of likely N-dealkylation sites (N-methyl/N-ethyl adjacent to an activating group) is 1. The van der Waals surface area contributed by atoms with Gasteiger partial charge in [0, 0.05) is 23.5 Å². The van der Waals surface area contributed by atoms with E-state index in [-0.39, 0.29) is 23.4 Å². The zero-order chi connectivity index (χ0) is 19.2. The predicted molar refractivity (Wildman–Crippen MR) is 105 cm³/mol. The molecule has 0 fully saturated rings. The Labute approximate surface area is 158 Å². The standard InChI is InChI=1S/C18H23N3O3S2/c1-4-11-20-26(23,24)15-9-7-14(8-10-15)18(22)19-13-16(21(2)3)17-6-5-12-25-17/h4-10,12,16,20H,1,11,13H2,2-3H3,(H,19,22). The molecule has 140 valence electrons. The van der Waals surface area contributed by atoms with E-state index in [9.17, 15) is 13.2 Å². The molecule has 1 aromatic carbocycles. The molecule has 2 rings (SSSR count). The van der Waals surface area contributed by atoms with E-state index >= 15 is 0 Å². The molecule has 1 unspecified atom stereocenters. The highest BCUT2D eigenvalue weighted by Gasteiger charge is 2.18. The lowest BCUT2D eigenvalue weighted by molar-refractivity contribution is 0.0942. The molecule has 0 aliphatic carbocycles. The summed E-state index contributed by atoms with van der Waals surface area (Å²) in [6.45, 7) is 4.10. The van der Waals surface area contributed by atoms with Crippen molar-refractivity contribution in [1.29, 1.82) is 0 Å². The summed E-state index contributed by atoms with van der Waals surface area (Å²) in [6.07, 6.45) is 1.47. The van der Waals surface area contributed by atoms with E-state index in [2.05, 4.69) is 16.6 Å². The average Bonchev–Trinajstić information content (AvgIpc) is 3.14. The molecule has 1 atom stereocenters. The number of thiophene rings is 1. The molecule has 1 aromatic heterocycles. The van der Waals surface area contributed by atoms with Gasteiger partial charge in [-0.2, -0.15) is 0 Å². The van der Waals surface area contributed by atoms with Crippen LogP contribution in [0.5, 0.6) is 0 Å². The zero-order valence-corrected chi connectivity index (χ0v) is 16.4. The van der Waals surface area contributed by atoms with Crippen LogP contribution >= 0.6 is 11.3 Å². The Morgan fingerprint density at radius 1 is 1.27 bits per heavy atom. The summed E-state index contributed by atoms with van der Waals surface area (Å²) in [5.41, 5.74) is 0.413. The topological polar surface area (TPSA) is 78.5 Å². The Morgan fingerprint density at radius 3 is 2.50 bits per heavy atom. The molecule has 0 aliphatic rings. The first kappa shape index (κ1) is 20.3. The Hall–Kier alpha value is -2.00. The quantitative estimate of drug-likeness (QED) is 0.641. The maximum atomic E-state index is 12.4. The molecule has 6 nitrogen and oxygen atoms in total. The summed E-state index contributed by atoms with van der Waals surface area (Å²) in [5, 5.41) is 4.92. The van der Waals surface area contributed by atoms with Gasteiger partial charge >= 0.3 is 0 Å². The molecule has 0 saturated carbocycles. The fourth-order valence-electron chi connectivity index (χ4n) is 2.35. The molecule has 0 saturated heterocycles. The van der Waals surface area contributed by atoms with Crippen molar-refractivity contribution in [2.45, 2.75) is 10.9 Å². The third-order valence-corrected chi connectivity index (χ3v) is 6.21. The number of rotatable bonds is 9. The van der Waals surface area contributed by atoms with Crippen LogP contribution in [0.2, 0.25) is 0 Å². The van der Waals surface area contributed by atoms with Crippen LogP contribution in [0, 0.1) is 0 Å². The van der Waals surface area contributed by atoms with Crippen molar-refractivity contribution in [2.75, 3.05) is 27.2 Å². The molecular formula is C18H23N3O3S2. The highest BCUT2D eigenvalue weighted by molar-refractivity contribution is 7.89. The molecule has 1 heterocycles. The molecule has 0 aliphatic heterocycles. The van der Waals surface area contributed by atoms with E-state index in [0.717, 1.165) is 0 Å². The molecule has 1 amide bonds. The van der Waals surface area contributed by atoms with Gasteiger partial charge in [-0.1, -0.05) is 12.1 Å². The van der Waals surface area contributed by atoms with Gasteiger partial charge in [-0.15, -0.1) is 17.9 Å². The number of carbonyl (C=O) groups is 1. The maximum Gasteiger partial charge on any atom is 0.251 e. The van der Waals surface area contributed by atoms with Gasteiger partial charge in [0.1, 0.15) is 0 Å². The van der Waals surface area contributed by atoms with Gasteiger partial charge in [0.05, 0.1) is 10.9 Å². The van der Waals surface area contributed by atoms with Gasteiger partial charge < -0.3 is 10.2 Å². The average molecular weight is 394 g/mol. The van der Waals surface area contributed by atoms with E-state index in [1.54, 1.807) is 11.3 Å². The third kappa shape index (κ3) is 5.25. The fraction of sp³-hybridized carbons (Fsp3) is 0.278. The molecule has 8 heteroatoms. The largest absolute Gasteiger partial charge is 0.350 e. The van der Waals surface area contributed by atoms with E-state index < -0.39 is 10.0 Å². The van der Waals surface area contributed by atoms with Crippen molar-refractivity contribution in [3.63, 3.8) is 0 Å². The summed E-state index contributed by atoms with van der Waals surface area (Å²) in [5.74, 6) is -0.239. The summed E-state index contributed by atoms with van der Waals surface area (Å²) in [4.78, 5) is 15.7. The first-order valence-corrected chi connectivity index (χ1v) is 10.4. The number of nitrogens with one attached hydrogen (secondary N) is 2. The smallest absolute Gasteiger partial charge is 0.251 e. The Kier molecular flexibility index (Phi) is 7.10. The minimum Gasteiger partial charge on any atom is -0.350 e. The lowest BCUT2D eigenvalue weighted by Crippen LogP contribution is -2.34. The summed E-state index contributed by atoms with van der Waals surface area (Å²) >= 11 is 1.64. The zero-order valence-electron chi connectivity index (χ0n) is 14.8. The molecule has 0 bridgehead atoms. The first-order chi connectivity index (χ1) is 12.3. The van der Waals surface area contributed by atoms with Crippen molar-refractivity contribution in [3.8, 4) is 0 Å². The van der Waals surface area contributed by atoms with Crippen molar-refractivity contribution >= 4 is 27.3 Å². The second-order valence-electron chi connectivity index (χ2n) is 5.87. The van der Waals surface area contributed by atoms with Crippen LogP contribution < -0.4 is 10.0 Å². The van der Waals surface area contributed by atoms with E-state index in [0.29, 0.717) is 12.1 Å². The number of carbonyl (C=O) groups excluding carboxylic acids is 1. The van der Waals surface area contributed by atoms with Crippen molar-refractivity contribution < 1.29 is 13.2 Å². The molecule has 0 radical (unpaired) electrons. The van der Waals surface area contributed by atoms with Crippen LogP contribution in [0.4, 0.5) is 0 Å². The van der Waals surface area contributed by atoms with Gasteiger partial charge in [0.2, 0.25) is 10.0 Å². The molecule has 0 spiro atoms. The third-order valence-electron chi connectivity index (χ3n) is 3.80. The molecule has 2 N–H and O–H groups in total. The number of benzene rings is 1. The van der Waals surface area contributed by atoms with Crippen LogP contribution in [0.15, 0.2) is 59.3 Å². The van der Waals surface area contributed by atoms with E-state index in [1.165, 1.54) is 35.2 Å². The van der Waals surface area contributed by atoms with Gasteiger partial charge in [0.15, 0.2) is 0 Å². The summed E-state index contributed by atoms with van der Waals surface area (Å²) in [6, 6.07) is 9.96. The molecule has 2 aromatic rings. The lowest BCUT2D eigenvalue weighted by Gasteiger charge is -2.23. The van der Waals surface area contributed by atoms with Crippen LogP contribution in [-0.4, -0.2) is 46.4 Å². The summed E-state index contributed by atoms with van der Waals surface area (Å²) < 4.78 is 26.5. The maximum absolute atomic E-state index is 12.4. The monoisotopic (exact) mass is 393 g/mol. The molecular weight excluding hydrogens is 370 g/mol. The second kappa shape index (κ2) is 9.09. The number of nitrogens with zero attached hydrogens (tertiary/aromatic N) is 1. The van der Waals surface area contributed by atoms with Crippen LogP contribution in [0.1, 0.15) is 21.3 Å². The SMILES string of the molecule is C=CCNS(=O)(=O)c1ccc(C(=O)NCC(c2cccs2)N(C)C)cc1. The van der Waals surface area contributed by atoms with Crippen molar-refractivity contribution in [1.82, 2.24) is 14.9 Å². The van der Waals surface area contributed by atoms with Gasteiger partial charge in [0.25, 0.3) is 5.91 Å². The van der Waals surface area contributed by atoms with E-state index in [4.69, 9.17) is 0 Å².